The molecule has 0 radical (unpaired) electrons. The van der Waals surface area contributed by atoms with Gasteiger partial charge in [0.25, 0.3) is 0 Å². The fourth-order valence-corrected chi connectivity index (χ4v) is 5.24. The third-order valence-corrected chi connectivity index (χ3v) is 6.74. The molecule has 6 nitrogen and oxygen atoms in total. The number of carbonyl (C=O) groups excluding carboxylic acids is 1. The molecule has 27 heavy (non-hydrogen) atoms. The average molecular weight is 400 g/mol. The molecule has 0 bridgehead atoms. The Morgan fingerprint density at radius 2 is 2.07 bits per heavy atom. The van der Waals surface area contributed by atoms with Gasteiger partial charge in [-0.05, 0) is 59.7 Å². The van der Waals surface area contributed by atoms with Crippen LogP contribution in [0, 0.1) is 13.8 Å². The van der Waals surface area contributed by atoms with Gasteiger partial charge in [-0.15, -0.1) is 16.4 Å². The average Bonchev–Trinajstić information content (AvgIpc) is 3.39. The van der Waals surface area contributed by atoms with Gasteiger partial charge in [0.2, 0.25) is 11.1 Å². The second-order valence-electron chi connectivity index (χ2n) is 6.66. The molecule has 8 heteroatoms. The number of aryl methyl sites for hydroxylation is 2. The number of aromatic nitrogens is 4. The molecule has 1 aromatic carbocycles. The van der Waals surface area contributed by atoms with Crippen molar-refractivity contribution in [3.8, 4) is 5.69 Å². The van der Waals surface area contributed by atoms with Crippen LogP contribution in [0.2, 0.25) is 0 Å². The lowest BCUT2D eigenvalue weighted by Crippen LogP contribution is -2.31. The Balaban J connectivity index is 1.49. The second-order valence-corrected chi connectivity index (χ2v) is 8.58. The molecular weight excluding hydrogens is 378 g/mol. The van der Waals surface area contributed by atoms with E-state index in [1.165, 1.54) is 16.6 Å². The highest BCUT2D eigenvalue weighted by atomic mass is 32.2. The van der Waals surface area contributed by atoms with Crippen molar-refractivity contribution >= 4 is 29.0 Å². The molecule has 1 amide bonds. The van der Waals surface area contributed by atoms with Gasteiger partial charge in [-0.25, -0.2) is 0 Å². The Bertz CT molecular complexity index is 917. The van der Waals surface area contributed by atoms with Crippen LogP contribution in [-0.2, 0) is 4.79 Å². The Kier molecular flexibility index (Phi) is 5.27. The summed E-state index contributed by atoms with van der Waals surface area (Å²) in [5, 5.41) is 14.8. The Morgan fingerprint density at radius 1 is 1.26 bits per heavy atom. The van der Waals surface area contributed by atoms with E-state index in [0.717, 1.165) is 36.2 Å². The topological polar surface area (TPSA) is 63.9 Å². The fraction of sp³-hybridized carbons (Fsp3) is 0.368. The summed E-state index contributed by atoms with van der Waals surface area (Å²) in [4.78, 5) is 16.1. The number of nitrogens with zero attached hydrogens (tertiary/aromatic N) is 5. The molecule has 3 aromatic rings. The molecule has 0 N–H and O–H groups in total. The van der Waals surface area contributed by atoms with Crippen molar-refractivity contribution < 1.29 is 4.79 Å². The highest BCUT2D eigenvalue weighted by Crippen LogP contribution is 2.35. The maximum Gasteiger partial charge on any atom is 0.233 e. The summed E-state index contributed by atoms with van der Waals surface area (Å²) in [7, 11) is 0. The highest BCUT2D eigenvalue weighted by molar-refractivity contribution is 7.99. The smallest absolute Gasteiger partial charge is 0.233 e. The van der Waals surface area contributed by atoms with Crippen molar-refractivity contribution in [1.29, 1.82) is 0 Å². The van der Waals surface area contributed by atoms with Gasteiger partial charge in [-0.3, -0.25) is 4.79 Å². The van der Waals surface area contributed by atoms with Gasteiger partial charge in [0.1, 0.15) is 0 Å². The molecule has 1 aliphatic heterocycles. The standard InChI is InChI=1S/C19H21N5OS2/c1-13-6-3-7-14(2)18(13)24-19(20-21-22-24)27-12-17(25)23-10-4-8-15(23)16-9-5-11-26-16/h3,5-7,9,11,15H,4,8,10,12H2,1-2H3. The molecule has 2 aromatic heterocycles. The zero-order valence-electron chi connectivity index (χ0n) is 15.3. The summed E-state index contributed by atoms with van der Waals surface area (Å²) in [6.07, 6.45) is 2.09. The van der Waals surface area contributed by atoms with Crippen LogP contribution in [0.1, 0.15) is 34.9 Å². The van der Waals surface area contributed by atoms with Gasteiger partial charge in [-0.2, -0.15) is 4.68 Å². The number of tetrazole rings is 1. The third kappa shape index (κ3) is 3.64. The molecule has 1 fully saturated rings. The summed E-state index contributed by atoms with van der Waals surface area (Å²) >= 11 is 3.12. The molecule has 3 heterocycles. The molecule has 0 aliphatic carbocycles. The van der Waals surface area contributed by atoms with E-state index in [9.17, 15) is 4.79 Å². The summed E-state index contributed by atoms with van der Waals surface area (Å²) in [5.41, 5.74) is 3.19. The summed E-state index contributed by atoms with van der Waals surface area (Å²) < 4.78 is 1.74. The molecule has 1 saturated heterocycles. The van der Waals surface area contributed by atoms with E-state index < -0.39 is 0 Å². The molecule has 140 valence electrons. The molecule has 1 aliphatic rings. The van der Waals surface area contributed by atoms with Crippen molar-refractivity contribution in [1.82, 2.24) is 25.1 Å². The SMILES string of the molecule is Cc1cccc(C)c1-n1nnnc1SCC(=O)N1CCCC1c1cccs1. The van der Waals surface area contributed by atoms with Gasteiger partial charge in [0, 0.05) is 11.4 Å². The van der Waals surface area contributed by atoms with E-state index in [0.29, 0.717) is 10.9 Å². The highest BCUT2D eigenvalue weighted by Gasteiger charge is 2.30. The van der Waals surface area contributed by atoms with Crippen LogP contribution in [0.15, 0.2) is 40.9 Å². The predicted molar refractivity (Wildman–Crippen MR) is 107 cm³/mol. The number of thioether (sulfide) groups is 1. The normalized spacial score (nSPS) is 16.8. The summed E-state index contributed by atoms with van der Waals surface area (Å²) in [6.45, 7) is 4.91. The minimum Gasteiger partial charge on any atom is -0.334 e. The van der Waals surface area contributed by atoms with Crippen LogP contribution < -0.4 is 0 Å². The summed E-state index contributed by atoms with van der Waals surface area (Å²) in [6, 6.07) is 10.5. The number of hydrogen-bond acceptors (Lipinski definition) is 6. The van der Waals surface area contributed by atoms with Crippen molar-refractivity contribution in [2.75, 3.05) is 12.3 Å². The summed E-state index contributed by atoms with van der Waals surface area (Å²) in [5.74, 6) is 0.486. The van der Waals surface area contributed by atoms with E-state index in [1.807, 2.05) is 43.0 Å². The minimum absolute atomic E-state index is 0.145. The quantitative estimate of drug-likeness (QED) is 0.611. The molecule has 1 unspecified atom stereocenters. The van der Waals surface area contributed by atoms with E-state index in [4.69, 9.17) is 0 Å². The minimum atomic E-state index is 0.145. The molecule has 0 spiro atoms. The lowest BCUT2D eigenvalue weighted by molar-refractivity contribution is -0.129. The Labute approximate surface area is 166 Å². The van der Waals surface area contributed by atoms with E-state index in [2.05, 4.69) is 27.0 Å². The van der Waals surface area contributed by atoms with Crippen molar-refractivity contribution in [2.45, 2.75) is 37.9 Å². The number of rotatable bonds is 5. The van der Waals surface area contributed by atoms with Crippen LogP contribution in [0.3, 0.4) is 0 Å². The van der Waals surface area contributed by atoms with Gasteiger partial charge in [0.05, 0.1) is 17.5 Å². The Morgan fingerprint density at radius 3 is 2.81 bits per heavy atom. The largest absolute Gasteiger partial charge is 0.334 e. The van der Waals surface area contributed by atoms with Crippen LogP contribution in [0.25, 0.3) is 5.69 Å². The van der Waals surface area contributed by atoms with Crippen LogP contribution in [0.5, 0.6) is 0 Å². The number of likely N-dealkylation sites (tertiary alicyclic amines) is 1. The first-order valence-electron chi connectivity index (χ1n) is 8.96. The number of para-hydroxylation sites is 1. The first-order chi connectivity index (χ1) is 13.1. The fourth-order valence-electron chi connectivity index (χ4n) is 3.60. The first-order valence-corrected chi connectivity index (χ1v) is 10.8. The number of thiophene rings is 1. The number of carbonyl (C=O) groups is 1. The molecule has 4 rings (SSSR count). The van der Waals surface area contributed by atoms with Crippen LogP contribution in [0.4, 0.5) is 0 Å². The maximum absolute atomic E-state index is 12.9. The van der Waals surface area contributed by atoms with Crippen molar-refractivity contribution in [3.05, 3.63) is 51.7 Å². The van der Waals surface area contributed by atoms with Crippen molar-refractivity contribution in [2.24, 2.45) is 0 Å². The van der Waals surface area contributed by atoms with Crippen molar-refractivity contribution in [3.63, 3.8) is 0 Å². The third-order valence-electron chi connectivity index (χ3n) is 4.86. The van der Waals surface area contributed by atoms with E-state index in [-0.39, 0.29) is 11.9 Å². The second kappa shape index (κ2) is 7.82. The van der Waals surface area contributed by atoms with E-state index in [1.54, 1.807) is 16.0 Å². The van der Waals surface area contributed by atoms with Gasteiger partial charge >= 0.3 is 0 Å². The molecular formula is C19H21N5OS2. The number of benzene rings is 1. The predicted octanol–water partition coefficient (Wildman–Crippen LogP) is 3.80. The maximum atomic E-state index is 12.9. The number of hydrogen-bond donors (Lipinski definition) is 0. The van der Waals surface area contributed by atoms with Gasteiger partial charge in [-0.1, -0.05) is 36.0 Å². The monoisotopic (exact) mass is 399 g/mol. The molecule has 0 saturated carbocycles. The molecule has 1 atom stereocenters. The lowest BCUT2D eigenvalue weighted by atomic mass is 10.1. The Hall–Kier alpha value is -2.19. The van der Waals surface area contributed by atoms with Gasteiger partial charge in [0.15, 0.2) is 0 Å². The van der Waals surface area contributed by atoms with Gasteiger partial charge < -0.3 is 4.90 Å². The zero-order valence-corrected chi connectivity index (χ0v) is 17.0. The number of amides is 1. The van der Waals surface area contributed by atoms with Crippen LogP contribution in [-0.4, -0.2) is 43.3 Å². The first kappa shape index (κ1) is 18.2. The lowest BCUT2D eigenvalue weighted by Gasteiger charge is -2.23. The van der Waals surface area contributed by atoms with E-state index >= 15 is 0 Å². The zero-order chi connectivity index (χ0) is 18.8. The van der Waals surface area contributed by atoms with Crippen LogP contribution >= 0.6 is 23.1 Å².